The van der Waals surface area contributed by atoms with Gasteiger partial charge in [0.2, 0.25) is 0 Å². The lowest BCUT2D eigenvalue weighted by atomic mass is 9.96. The quantitative estimate of drug-likeness (QED) is 0.0696. The molecule has 0 atom stereocenters. The Kier molecular flexibility index (Phi) is 64.3. The summed E-state index contributed by atoms with van der Waals surface area (Å²) >= 11 is 0. The summed E-state index contributed by atoms with van der Waals surface area (Å²) in [7, 11) is 0. The topological polar surface area (TPSA) is 568 Å². The number of aliphatic hydroxyl groups excluding tert-OH is 6. The van der Waals surface area contributed by atoms with Gasteiger partial charge in [0.05, 0.1) is 90.8 Å². The summed E-state index contributed by atoms with van der Waals surface area (Å²) in [4.78, 5) is 60.0. The molecule has 0 bridgehead atoms. The lowest BCUT2D eigenvalue weighted by Crippen LogP contribution is -2.54. The van der Waals surface area contributed by atoms with Crippen molar-refractivity contribution < 1.29 is 135 Å². The highest BCUT2D eigenvalue weighted by molar-refractivity contribution is 5.86. The molecule has 0 aliphatic carbocycles. The van der Waals surface area contributed by atoms with Crippen molar-refractivity contribution in [2.45, 2.75) is 36.9 Å². The second-order valence-corrected chi connectivity index (χ2v) is 8.30. The van der Waals surface area contributed by atoms with Gasteiger partial charge in [0.25, 0.3) is 0 Å². The van der Waals surface area contributed by atoms with Crippen LogP contribution in [-0.4, -0.2) is 167 Å². The number of carbonyl (C=O) groups excluding carboxylic acids is 6. The lowest BCUT2D eigenvalue weighted by molar-refractivity contribution is -0.372. The molecule has 0 aliphatic heterocycles. The number of aliphatic hydroxyl groups is 8. The molecule has 0 radical (unpaired) electrons. The van der Waals surface area contributed by atoms with Crippen molar-refractivity contribution in [2.24, 2.45) is 0 Å². The van der Waals surface area contributed by atoms with Crippen molar-refractivity contribution in [3.8, 4) is 0 Å². The van der Waals surface area contributed by atoms with Crippen LogP contribution in [0.25, 0.3) is 0 Å². The number of carboxylic acids is 6. The van der Waals surface area contributed by atoms with E-state index in [1.807, 2.05) is 0 Å². The number of quaternary nitrogens is 6. The summed E-state index contributed by atoms with van der Waals surface area (Å²) in [5, 5.41) is 125. The van der Waals surface area contributed by atoms with Gasteiger partial charge in [-0.3, -0.25) is 0 Å². The van der Waals surface area contributed by atoms with Gasteiger partial charge in [0, 0.05) is 49.6 Å². The van der Waals surface area contributed by atoms with Crippen LogP contribution in [0, 0.1) is 0 Å². The Labute approximate surface area is 286 Å². The van der Waals surface area contributed by atoms with E-state index in [4.69, 9.17) is 40.9 Å². The standard InChI is InChI=1S/2C6H8O7.6C2H7NO/c2*7-3(8)1-6(13,5(11)12)2-4(9)10;6*3-1-2-4/h2*13H,1-2H2,(H,7,8)(H,9,10)(H,11,12);6*4H,1-3H2. The minimum absolute atomic E-state index is 0.208. The van der Waals surface area contributed by atoms with Crippen LogP contribution in [-0.2, 0) is 28.8 Å². The van der Waals surface area contributed by atoms with Crippen molar-refractivity contribution in [1.82, 2.24) is 0 Å². The SMILES string of the molecule is O=C([O-])CC(O)(CC(=O)[O-])C(=O)[O-].O=C([O-])CC(O)(CC(=O)[O-])C(=O)[O-].[NH3+]CCO.[NH3+]CCO.[NH3+]CCO.[NH3+]CCO.[NH3+]CCO.[NH3+]CCO. The Balaban J connectivity index is -0.0000000728. The molecule has 26 nitrogen and oxygen atoms in total. The molecule has 0 amide bonds. The van der Waals surface area contributed by atoms with Crippen molar-refractivity contribution >= 4 is 35.8 Å². The Hall–Kier alpha value is -3.74. The average molecular weight is 751 g/mol. The van der Waals surface area contributed by atoms with Crippen molar-refractivity contribution in [2.75, 3.05) is 78.9 Å². The van der Waals surface area contributed by atoms with E-state index in [0.717, 1.165) is 0 Å². The molecule has 0 unspecified atom stereocenters. The first kappa shape index (κ1) is 64.7. The van der Waals surface area contributed by atoms with Crippen LogP contribution in [0.2, 0.25) is 0 Å². The van der Waals surface area contributed by atoms with Crippen LogP contribution < -0.4 is 65.0 Å². The molecule has 26 heteroatoms. The zero-order valence-corrected chi connectivity index (χ0v) is 28.0. The monoisotopic (exact) mass is 750 g/mol. The zero-order chi connectivity index (χ0) is 41.8. The smallest absolute Gasteiger partial charge is 0.114 e. The van der Waals surface area contributed by atoms with Crippen molar-refractivity contribution in [1.29, 1.82) is 0 Å². The molecule has 50 heavy (non-hydrogen) atoms. The summed E-state index contributed by atoms with van der Waals surface area (Å²) < 4.78 is 0. The van der Waals surface area contributed by atoms with Gasteiger partial charge in [-0.15, -0.1) is 0 Å². The first-order chi connectivity index (χ1) is 23.0. The van der Waals surface area contributed by atoms with Gasteiger partial charge in [-0.1, -0.05) is 0 Å². The molecule has 304 valence electrons. The number of rotatable bonds is 16. The molecule has 0 heterocycles. The van der Waals surface area contributed by atoms with E-state index in [-0.39, 0.29) is 39.6 Å². The summed E-state index contributed by atoms with van der Waals surface area (Å²) in [5.41, 5.74) is 14.2. The predicted octanol–water partition coefficient (Wildman–Crippen LogP) is -21.2. The second-order valence-electron chi connectivity index (χ2n) is 8.30. The number of carboxylic acid groups (broad SMARTS) is 6. The fraction of sp³-hybridized carbons (Fsp3) is 0.750. The Morgan fingerprint density at radius 2 is 0.460 bits per heavy atom. The maximum atomic E-state index is 10.1. The van der Waals surface area contributed by atoms with Crippen LogP contribution in [0.5, 0.6) is 0 Å². The molecular weight excluding hydrogens is 692 g/mol. The highest BCUT2D eigenvalue weighted by atomic mass is 16.4. The Bertz CT molecular complexity index is 683. The minimum atomic E-state index is -2.97. The van der Waals surface area contributed by atoms with Gasteiger partial charge < -0.3 is 135 Å². The third-order valence-corrected chi connectivity index (χ3v) is 3.46. The molecule has 0 aromatic rings. The van der Waals surface area contributed by atoms with E-state index in [1.54, 1.807) is 0 Å². The first-order valence-corrected chi connectivity index (χ1v) is 14.1. The van der Waals surface area contributed by atoms with Gasteiger partial charge >= 0.3 is 0 Å². The highest BCUT2D eigenvalue weighted by Crippen LogP contribution is 2.13. The Morgan fingerprint density at radius 1 is 0.360 bits per heavy atom. The van der Waals surface area contributed by atoms with E-state index in [0.29, 0.717) is 39.3 Å². The van der Waals surface area contributed by atoms with E-state index >= 15 is 0 Å². The molecule has 0 aromatic heterocycles. The molecular formula is C24H58N6O20. The van der Waals surface area contributed by atoms with Gasteiger partial charge in [-0.05, 0) is 0 Å². The fourth-order valence-corrected chi connectivity index (χ4v) is 1.37. The van der Waals surface area contributed by atoms with Gasteiger partial charge in [-0.2, -0.15) is 0 Å². The fourth-order valence-electron chi connectivity index (χ4n) is 1.37. The summed E-state index contributed by atoms with van der Waals surface area (Å²) in [6, 6.07) is 0. The summed E-state index contributed by atoms with van der Waals surface area (Å²) in [5.74, 6) is -12.0. The number of carbonyl (C=O) groups is 6. The third-order valence-electron chi connectivity index (χ3n) is 3.46. The summed E-state index contributed by atoms with van der Waals surface area (Å²) in [6.07, 6.45) is -5.43. The van der Waals surface area contributed by atoms with Gasteiger partial charge in [0.15, 0.2) is 0 Å². The van der Waals surface area contributed by atoms with E-state index in [2.05, 4.69) is 34.4 Å². The predicted molar refractivity (Wildman–Crippen MR) is 147 cm³/mol. The van der Waals surface area contributed by atoms with Gasteiger partial charge in [0.1, 0.15) is 11.2 Å². The van der Waals surface area contributed by atoms with Crippen LogP contribution >= 0.6 is 0 Å². The number of hydrogen-bond donors (Lipinski definition) is 14. The largest absolute Gasteiger partial charge is 0.550 e. The lowest BCUT2D eigenvalue weighted by Gasteiger charge is -2.29. The molecule has 0 fully saturated rings. The molecule has 0 aliphatic rings. The average Bonchev–Trinajstić information content (AvgIpc) is 3.04. The van der Waals surface area contributed by atoms with E-state index < -0.39 is 72.7 Å². The van der Waals surface area contributed by atoms with Crippen LogP contribution in [0.3, 0.4) is 0 Å². The van der Waals surface area contributed by atoms with Crippen LogP contribution in [0.1, 0.15) is 25.7 Å². The second kappa shape index (κ2) is 49.6. The molecule has 0 spiro atoms. The first-order valence-electron chi connectivity index (χ1n) is 14.1. The van der Waals surface area contributed by atoms with Crippen LogP contribution in [0.15, 0.2) is 0 Å². The van der Waals surface area contributed by atoms with Crippen LogP contribution in [0.4, 0.5) is 0 Å². The molecule has 0 saturated heterocycles. The number of aliphatic carboxylic acids is 6. The maximum absolute atomic E-state index is 10.1. The minimum Gasteiger partial charge on any atom is -0.550 e. The molecule has 26 N–H and O–H groups in total. The van der Waals surface area contributed by atoms with E-state index in [1.165, 1.54) is 0 Å². The highest BCUT2D eigenvalue weighted by Gasteiger charge is 2.30. The molecule has 0 aromatic carbocycles. The van der Waals surface area contributed by atoms with Crippen molar-refractivity contribution in [3.63, 3.8) is 0 Å². The molecule has 0 saturated carbocycles. The normalized spacial score (nSPS) is 9.24. The molecule has 0 rings (SSSR count). The third kappa shape index (κ3) is 70.6. The number of hydrogen-bond acceptors (Lipinski definition) is 20. The Morgan fingerprint density at radius 3 is 0.500 bits per heavy atom. The zero-order valence-electron chi connectivity index (χ0n) is 28.0. The van der Waals surface area contributed by atoms with Crippen molar-refractivity contribution in [3.05, 3.63) is 0 Å². The summed E-state index contributed by atoms with van der Waals surface area (Å²) in [6.45, 7) is 5.00. The van der Waals surface area contributed by atoms with E-state index in [9.17, 15) is 59.4 Å². The maximum Gasteiger partial charge on any atom is 0.114 e. The van der Waals surface area contributed by atoms with Gasteiger partial charge in [-0.25, -0.2) is 0 Å².